The van der Waals surface area contributed by atoms with Crippen LogP contribution in [-0.2, 0) is 0 Å². The van der Waals surface area contributed by atoms with E-state index in [1.54, 1.807) is 6.07 Å². The van der Waals surface area contributed by atoms with Gasteiger partial charge in [0, 0.05) is 11.8 Å². The van der Waals surface area contributed by atoms with E-state index in [1.165, 1.54) is 30.5 Å². The minimum Gasteiger partial charge on any atom is -0.477 e. The Morgan fingerprint density at radius 1 is 1.18 bits per heavy atom. The predicted molar refractivity (Wildman–Crippen MR) is 94.9 cm³/mol. The second-order valence-electron chi connectivity index (χ2n) is 7.32. The summed E-state index contributed by atoms with van der Waals surface area (Å²) in [4.78, 5) is 20.5. The molecule has 0 spiro atoms. The van der Waals surface area contributed by atoms with E-state index in [4.69, 9.17) is 4.74 Å². The molecule has 0 bridgehead atoms. The first kappa shape index (κ1) is 18.7. The molecule has 4 rings (SSSR count). The minimum absolute atomic E-state index is 0.0969. The molecule has 2 heterocycles. The second kappa shape index (κ2) is 7.41. The van der Waals surface area contributed by atoms with Gasteiger partial charge in [0.05, 0.1) is 12.3 Å². The number of carbonyl (C=O) groups is 1. The Kier molecular flexibility index (Phi) is 4.95. The van der Waals surface area contributed by atoms with Crippen molar-refractivity contribution in [3.05, 3.63) is 53.5 Å². The van der Waals surface area contributed by atoms with E-state index in [-0.39, 0.29) is 11.4 Å². The maximum atomic E-state index is 13.5. The molecular weight excluding hydrogens is 371 g/mol. The fourth-order valence-corrected chi connectivity index (χ4v) is 2.95. The third kappa shape index (κ3) is 4.43. The Hall–Kier alpha value is -2.64. The molecule has 5 nitrogen and oxygen atoms in total. The summed E-state index contributed by atoms with van der Waals surface area (Å²) in [5, 5.41) is 2.01. The van der Waals surface area contributed by atoms with Crippen LogP contribution in [0.2, 0.25) is 0 Å². The summed E-state index contributed by atoms with van der Waals surface area (Å²) >= 11 is 0. The molecule has 2 aliphatic carbocycles. The third-order valence-electron chi connectivity index (χ3n) is 4.88. The van der Waals surface area contributed by atoms with Crippen molar-refractivity contribution in [2.45, 2.75) is 43.8 Å². The van der Waals surface area contributed by atoms with Crippen molar-refractivity contribution in [2.24, 2.45) is 5.92 Å². The summed E-state index contributed by atoms with van der Waals surface area (Å²) in [5.74, 6) is 0.315. The lowest BCUT2D eigenvalue weighted by Crippen LogP contribution is -2.39. The monoisotopic (exact) mass is 391 g/mol. The minimum atomic E-state index is -4.68. The number of nitrogens with zero attached hydrogens (tertiary/aromatic N) is 2. The van der Waals surface area contributed by atoms with Crippen molar-refractivity contribution in [1.29, 1.82) is 0 Å². The molecule has 2 aliphatic rings. The maximum absolute atomic E-state index is 13.5. The molecule has 0 aromatic carbocycles. The van der Waals surface area contributed by atoms with Gasteiger partial charge in [0.25, 0.3) is 5.91 Å². The number of halogens is 3. The third-order valence-corrected chi connectivity index (χ3v) is 4.88. The normalized spacial score (nSPS) is 17.8. The first-order chi connectivity index (χ1) is 13.4. The molecule has 2 aromatic heterocycles. The molecule has 2 aromatic rings. The van der Waals surface area contributed by atoms with E-state index in [1.807, 2.05) is 5.32 Å². The number of hydrogen-bond acceptors (Lipinski definition) is 4. The number of rotatable bonds is 7. The van der Waals surface area contributed by atoms with Gasteiger partial charge in [-0.25, -0.2) is 4.98 Å². The summed E-state index contributed by atoms with van der Waals surface area (Å²) < 4.78 is 46.2. The Morgan fingerprint density at radius 2 is 1.96 bits per heavy atom. The van der Waals surface area contributed by atoms with Gasteiger partial charge in [0.15, 0.2) is 6.04 Å². The van der Waals surface area contributed by atoms with E-state index in [0.717, 1.165) is 31.2 Å². The fourth-order valence-electron chi connectivity index (χ4n) is 2.95. The lowest BCUT2D eigenvalue weighted by Gasteiger charge is -2.21. The number of nitrogens with one attached hydrogen (secondary N) is 1. The van der Waals surface area contributed by atoms with E-state index in [2.05, 4.69) is 9.97 Å². The molecule has 0 saturated heterocycles. The zero-order chi connectivity index (χ0) is 19.7. The topological polar surface area (TPSA) is 64.1 Å². The number of ether oxygens (including phenoxy) is 1. The smallest absolute Gasteiger partial charge is 0.414 e. The highest BCUT2D eigenvalue weighted by atomic mass is 19.4. The van der Waals surface area contributed by atoms with Gasteiger partial charge in [0.1, 0.15) is 5.69 Å². The highest BCUT2D eigenvalue weighted by Crippen LogP contribution is 2.44. The largest absolute Gasteiger partial charge is 0.477 e. The van der Waals surface area contributed by atoms with Gasteiger partial charge in [-0.3, -0.25) is 9.78 Å². The van der Waals surface area contributed by atoms with Gasteiger partial charge < -0.3 is 10.1 Å². The number of amides is 1. The van der Waals surface area contributed by atoms with Crippen LogP contribution in [0, 0.1) is 5.92 Å². The molecule has 1 atom stereocenters. The first-order valence-corrected chi connectivity index (χ1v) is 9.34. The molecule has 8 heteroatoms. The average Bonchev–Trinajstić information content (AvgIpc) is 3.57. The van der Waals surface area contributed by atoms with Gasteiger partial charge in [-0.05, 0) is 55.7 Å². The van der Waals surface area contributed by atoms with Gasteiger partial charge >= 0.3 is 6.18 Å². The highest BCUT2D eigenvalue weighted by molar-refractivity contribution is 5.92. The van der Waals surface area contributed by atoms with Crippen LogP contribution in [0.3, 0.4) is 0 Å². The van der Waals surface area contributed by atoms with Crippen LogP contribution in [0.1, 0.15) is 59.4 Å². The molecule has 1 amide bonds. The molecule has 1 N–H and O–H groups in total. The highest BCUT2D eigenvalue weighted by Gasteiger charge is 2.43. The molecule has 28 heavy (non-hydrogen) atoms. The standard InChI is InChI=1S/C20H20F3N3O2/c21-20(22,23)17(15-3-1-2-10-24-15)26-18(27)16-9-8-14(13-6-7-13)19(25-16)28-11-12-4-5-12/h1-3,8-10,12-13,17H,4-7,11H2,(H,26,27)/t17-/m0/s1. The summed E-state index contributed by atoms with van der Waals surface area (Å²) in [6, 6.07) is 5.18. The number of alkyl halides is 3. The van der Waals surface area contributed by atoms with Crippen molar-refractivity contribution in [3.63, 3.8) is 0 Å². The summed E-state index contributed by atoms with van der Waals surface area (Å²) in [6.45, 7) is 0.525. The van der Waals surface area contributed by atoms with Crippen LogP contribution in [-0.4, -0.2) is 28.7 Å². The zero-order valence-electron chi connectivity index (χ0n) is 15.1. The Bertz CT molecular complexity index is 850. The number of pyridine rings is 2. The van der Waals surface area contributed by atoms with Crippen molar-refractivity contribution in [1.82, 2.24) is 15.3 Å². The van der Waals surface area contributed by atoms with Gasteiger partial charge in [-0.15, -0.1) is 0 Å². The lowest BCUT2D eigenvalue weighted by atomic mass is 10.1. The predicted octanol–water partition coefficient (Wildman–Crippen LogP) is 4.18. The number of aromatic nitrogens is 2. The van der Waals surface area contributed by atoms with Crippen LogP contribution in [0.25, 0.3) is 0 Å². The van der Waals surface area contributed by atoms with Crippen LogP contribution < -0.4 is 10.1 Å². The van der Waals surface area contributed by atoms with Crippen LogP contribution >= 0.6 is 0 Å². The van der Waals surface area contributed by atoms with E-state index < -0.39 is 18.1 Å². The molecule has 148 valence electrons. The van der Waals surface area contributed by atoms with Crippen LogP contribution in [0.5, 0.6) is 5.88 Å². The fraction of sp³-hybridized carbons (Fsp3) is 0.450. The quantitative estimate of drug-likeness (QED) is 0.769. The van der Waals surface area contributed by atoms with Crippen LogP contribution in [0.4, 0.5) is 13.2 Å². The maximum Gasteiger partial charge on any atom is 0.414 e. The van der Waals surface area contributed by atoms with Crippen molar-refractivity contribution < 1.29 is 22.7 Å². The summed E-state index contributed by atoms with van der Waals surface area (Å²) in [6.07, 6.45) is 0.855. The molecule has 0 unspecified atom stereocenters. The first-order valence-electron chi connectivity index (χ1n) is 9.34. The van der Waals surface area contributed by atoms with E-state index >= 15 is 0 Å². The van der Waals surface area contributed by atoms with Crippen molar-refractivity contribution in [2.75, 3.05) is 6.61 Å². The van der Waals surface area contributed by atoms with Crippen molar-refractivity contribution in [3.8, 4) is 5.88 Å². The molecule has 2 fully saturated rings. The SMILES string of the molecule is O=C(N[C@@H](c1ccccn1)C(F)(F)F)c1ccc(C2CC2)c(OCC2CC2)n1. The van der Waals surface area contributed by atoms with E-state index in [9.17, 15) is 18.0 Å². The lowest BCUT2D eigenvalue weighted by molar-refractivity contribution is -0.156. The zero-order valence-corrected chi connectivity index (χ0v) is 15.1. The summed E-state index contributed by atoms with van der Waals surface area (Å²) in [7, 11) is 0. The Labute approximate surface area is 160 Å². The van der Waals surface area contributed by atoms with E-state index in [0.29, 0.717) is 24.3 Å². The van der Waals surface area contributed by atoms with Gasteiger partial charge in [0.2, 0.25) is 5.88 Å². The Morgan fingerprint density at radius 3 is 2.57 bits per heavy atom. The van der Waals surface area contributed by atoms with Gasteiger partial charge in [-0.2, -0.15) is 13.2 Å². The summed E-state index contributed by atoms with van der Waals surface area (Å²) in [5.41, 5.74) is 0.554. The van der Waals surface area contributed by atoms with Gasteiger partial charge in [-0.1, -0.05) is 12.1 Å². The average molecular weight is 391 g/mol. The Balaban J connectivity index is 1.55. The molecule has 2 saturated carbocycles. The number of carbonyl (C=O) groups excluding carboxylic acids is 1. The van der Waals surface area contributed by atoms with Crippen molar-refractivity contribution >= 4 is 5.91 Å². The van der Waals surface area contributed by atoms with Crippen LogP contribution in [0.15, 0.2) is 36.5 Å². The number of hydrogen-bond donors (Lipinski definition) is 1. The second-order valence-corrected chi connectivity index (χ2v) is 7.32. The molecule has 0 aliphatic heterocycles. The molecular formula is C20H20F3N3O2. The molecule has 0 radical (unpaired) electrons.